The molecule has 130 valence electrons. The minimum Gasteiger partial charge on any atom is -0.331 e. The summed E-state index contributed by atoms with van der Waals surface area (Å²) in [5, 5.41) is 7.18. The molecule has 0 spiro atoms. The molecule has 7 nitrogen and oxygen atoms in total. The van der Waals surface area contributed by atoms with Crippen LogP contribution in [0.2, 0.25) is 0 Å². The van der Waals surface area contributed by atoms with E-state index in [2.05, 4.69) is 22.5 Å². The van der Waals surface area contributed by atoms with Gasteiger partial charge in [0.25, 0.3) is 0 Å². The van der Waals surface area contributed by atoms with Gasteiger partial charge in [0.15, 0.2) is 0 Å². The van der Waals surface area contributed by atoms with E-state index in [4.69, 9.17) is 0 Å². The SMILES string of the molecule is Cn1cc(N2CCN(C(=O)N[C@H]3CCc4ccccc43)CC2=O)cn1. The zero-order chi connectivity index (χ0) is 17.4. The molecule has 1 saturated heterocycles. The maximum absolute atomic E-state index is 12.6. The van der Waals surface area contributed by atoms with E-state index in [1.54, 1.807) is 20.7 Å². The highest BCUT2D eigenvalue weighted by Gasteiger charge is 2.31. The molecular weight excluding hydrogens is 318 g/mol. The lowest BCUT2D eigenvalue weighted by atomic mass is 10.1. The molecular formula is C18H21N5O2. The van der Waals surface area contributed by atoms with Crippen LogP contribution in [-0.4, -0.2) is 46.3 Å². The number of aromatic nitrogens is 2. The zero-order valence-electron chi connectivity index (χ0n) is 14.2. The van der Waals surface area contributed by atoms with Crippen molar-refractivity contribution in [3.05, 3.63) is 47.8 Å². The molecule has 2 aromatic rings. The van der Waals surface area contributed by atoms with Crippen molar-refractivity contribution in [3.63, 3.8) is 0 Å². The van der Waals surface area contributed by atoms with E-state index in [0.29, 0.717) is 13.1 Å². The van der Waals surface area contributed by atoms with Gasteiger partial charge in [0.05, 0.1) is 17.9 Å². The second kappa shape index (κ2) is 6.23. The van der Waals surface area contributed by atoms with E-state index in [-0.39, 0.29) is 24.5 Å². The monoisotopic (exact) mass is 339 g/mol. The molecule has 1 atom stereocenters. The van der Waals surface area contributed by atoms with Crippen molar-refractivity contribution in [1.82, 2.24) is 20.0 Å². The van der Waals surface area contributed by atoms with Gasteiger partial charge in [0, 0.05) is 26.3 Å². The summed E-state index contributed by atoms with van der Waals surface area (Å²) in [6.07, 6.45) is 5.37. The number of carbonyl (C=O) groups is 2. The molecule has 3 amide bonds. The molecule has 1 aromatic heterocycles. The Kier molecular flexibility index (Phi) is 3.91. The van der Waals surface area contributed by atoms with Gasteiger partial charge in [-0.1, -0.05) is 24.3 Å². The average Bonchev–Trinajstić information content (AvgIpc) is 3.21. The van der Waals surface area contributed by atoms with Gasteiger partial charge in [0.2, 0.25) is 5.91 Å². The van der Waals surface area contributed by atoms with Crippen LogP contribution < -0.4 is 10.2 Å². The second-order valence-corrected chi connectivity index (χ2v) is 6.58. The van der Waals surface area contributed by atoms with Crippen molar-refractivity contribution in [2.24, 2.45) is 7.05 Å². The van der Waals surface area contributed by atoms with Crippen molar-refractivity contribution in [2.75, 3.05) is 24.5 Å². The number of amides is 3. The third kappa shape index (κ3) is 2.97. The summed E-state index contributed by atoms with van der Waals surface area (Å²) in [7, 11) is 1.82. The molecule has 4 rings (SSSR count). The first kappa shape index (κ1) is 15.7. The molecule has 1 N–H and O–H groups in total. The summed E-state index contributed by atoms with van der Waals surface area (Å²) in [6.45, 7) is 1.09. The van der Waals surface area contributed by atoms with Crippen LogP contribution in [0.3, 0.4) is 0 Å². The van der Waals surface area contributed by atoms with Gasteiger partial charge in [-0.15, -0.1) is 0 Å². The number of nitrogens with zero attached hydrogens (tertiary/aromatic N) is 4. The Hall–Kier alpha value is -2.83. The van der Waals surface area contributed by atoms with Gasteiger partial charge in [-0.3, -0.25) is 9.48 Å². The molecule has 7 heteroatoms. The van der Waals surface area contributed by atoms with Gasteiger partial charge in [-0.05, 0) is 24.0 Å². The third-order valence-corrected chi connectivity index (χ3v) is 4.94. The Labute approximate surface area is 146 Å². The number of rotatable bonds is 2. The predicted octanol–water partition coefficient (Wildman–Crippen LogP) is 1.47. The second-order valence-electron chi connectivity index (χ2n) is 6.58. The fourth-order valence-electron chi connectivity index (χ4n) is 3.61. The third-order valence-electron chi connectivity index (χ3n) is 4.94. The van der Waals surface area contributed by atoms with E-state index in [1.165, 1.54) is 11.1 Å². The summed E-state index contributed by atoms with van der Waals surface area (Å²) in [6, 6.07) is 8.08. The van der Waals surface area contributed by atoms with Crippen LogP contribution >= 0.6 is 0 Å². The van der Waals surface area contributed by atoms with Crippen molar-refractivity contribution in [3.8, 4) is 0 Å². The smallest absolute Gasteiger partial charge is 0.318 e. The van der Waals surface area contributed by atoms with E-state index in [9.17, 15) is 9.59 Å². The average molecular weight is 339 g/mol. The number of piperazine rings is 1. The summed E-state index contributed by atoms with van der Waals surface area (Å²) >= 11 is 0. The maximum Gasteiger partial charge on any atom is 0.318 e. The molecule has 1 aliphatic carbocycles. The lowest BCUT2D eigenvalue weighted by molar-refractivity contribution is -0.120. The molecule has 1 fully saturated rings. The number of hydrogen-bond donors (Lipinski definition) is 1. The van der Waals surface area contributed by atoms with E-state index < -0.39 is 0 Å². The Morgan fingerprint density at radius 1 is 1.28 bits per heavy atom. The van der Waals surface area contributed by atoms with Crippen LogP contribution in [0.25, 0.3) is 0 Å². The molecule has 2 aliphatic rings. The first-order valence-corrected chi connectivity index (χ1v) is 8.54. The van der Waals surface area contributed by atoms with Crippen LogP contribution in [0.1, 0.15) is 23.6 Å². The van der Waals surface area contributed by atoms with Gasteiger partial charge in [-0.25, -0.2) is 4.79 Å². The summed E-state index contributed by atoms with van der Waals surface area (Å²) in [5.41, 5.74) is 3.26. The Morgan fingerprint density at radius 3 is 2.88 bits per heavy atom. The molecule has 25 heavy (non-hydrogen) atoms. The highest BCUT2D eigenvalue weighted by atomic mass is 16.2. The van der Waals surface area contributed by atoms with Crippen LogP contribution in [-0.2, 0) is 18.3 Å². The van der Waals surface area contributed by atoms with Crippen molar-refractivity contribution >= 4 is 17.6 Å². The number of anilines is 1. The maximum atomic E-state index is 12.6. The number of carbonyl (C=O) groups excluding carboxylic acids is 2. The van der Waals surface area contributed by atoms with Crippen molar-refractivity contribution in [2.45, 2.75) is 18.9 Å². The molecule has 0 unspecified atom stereocenters. The molecule has 2 heterocycles. The lowest BCUT2D eigenvalue weighted by Gasteiger charge is -2.34. The normalized spacial score (nSPS) is 19.9. The fraction of sp³-hybridized carbons (Fsp3) is 0.389. The largest absolute Gasteiger partial charge is 0.331 e. The zero-order valence-corrected chi connectivity index (χ0v) is 14.2. The molecule has 0 radical (unpaired) electrons. The van der Waals surface area contributed by atoms with Gasteiger partial charge in [0.1, 0.15) is 6.54 Å². The van der Waals surface area contributed by atoms with Crippen LogP contribution in [0.4, 0.5) is 10.5 Å². The predicted molar refractivity (Wildman–Crippen MR) is 93.2 cm³/mol. The summed E-state index contributed by atoms with van der Waals surface area (Å²) in [5.74, 6) is -0.0822. The molecule has 1 aliphatic heterocycles. The number of fused-ring (bicyclic) bond motifs is 1. The van der Waals surface area contributed by atoms with Gasteiger partial charge in [-0.2, -0.15) is 5.10 Å². The van der Waals surface area contributed by atoms with Gasteiger partial charge >= 0.3 is 6.03 Å². The highest BCUT2D eigenvalue weighted by molar-refractivity contribution is 5.97. The molecule has 0 bridgehead atoms. The number of nitrogens with one attached hydrogen (secondary N) is 1. The minimum absolute atomic E-state index is 0.0372. The first-order valence-electron chi connectivity index (χ1n) is 8.54. The van der Waals surface area contributed by atoms with E-state index in [1.807, 2.05) is 25.4 Å². The van der Waals surface area contributed by atoms with Crippen LogP contribution in [0.15, 0.2) is 36.7 Å². The molecule has 1 aromatic carbocycles. The lowest BCUT2D eigenvalue weighted by Crippen LogP contribution is -2.55. The highest BCUT2D eigenvalue weighted by Crippen LogP contribution is 2.30. The standard InChI is InChI=1S/C18H21N5O2/c1-21-11-14(10-19-21)23-9-8-22(12-17(23)24)18(25)20-16-7-6-13-4-2-3-5-15(13)16/h2-5,10-11,16H,6-9,12H2,1H3,(H,20,25)/t16-/m0/s1. The first-order chi connectivity index (χ1) is 12.1. The van der Waals surface area contributed by atoms with Crippen molar-refractivity contribution in [1.29, 1.82) is 0 Å². The Balaban J connectivity index is 1.39. The van der Waals surface area contributed by atoms with Crippen molar-refractivity contribution < 1.29 is 9.59 Å². The summed E-state index contributed by atoms with van der Waals surface area (Å²) < 4.78 is 1.67. The number of hydrogen-bond acceptors (Lipinski definition) is 3. The quantitative estimate of drug-likeness (QED) is 0.901. The number of benzene rings is 1. The number of urea groups is 1. The Bertz CT molecular complexity index is 815. The number of aryl methyl sites for hydroxylation is 2. The van der Waals surface area contributed by atoms with Gasteiger partial charge < -0.3 is 15.1 Å². The van der Waals surface area contributed by atoms with Crippen LogP contribution in [0.5, 0.6) is 0 Å². The van der Waals surface area contributed by atoms with Crippen LogP contribution in [0, 0.1) is 0 Å². The topological polar surface area (TPSA) is 70.5 Å². The minimum atomic E-state index is -0.166. The summed E-state index contributed by atoms with van der Waals surface area (Å²) in [4.78, 5) is 28.3. The van der Waals surface area contributed by atoms with E-state index in [0.717, 1.165) is 18.5 Å². The fourth-order valence-corrected chi connectivity index (χ4v) is 3.61. The molecule has 0 saturated carbocycles. The van der Waals surface area contributed by atoms with E-state index >= 15 is 0 Å². The Morgan fingerprint density at radius 2 is 2.12 bits per heavy atom.